The van der Waals surface area contributed by atoms with Gasteiger partial charge in [-0.3, -0.25) is 4.40 Å². The van der Waals surface area contributed by atoms with Crippen LogP contribution < -0.4 is 5.32 Å². The fourth-order valence-corrected chi connectivity index (χ4v) is 2.11. The van der Waals surface area contributed by atoms with Crippen LogP contribution in [0.1, 0.15) is 5.82 Å². The van der Waals surface area contributed by atoms with Gasteiger partial charge in [0, 0.05) is 16.4 Å². The molecule has 2 heterocycles. The van der Waals surface area contributed by atoms with Crippen molar-refractivity contribution in [2.75, 3.05) is 5.32 Å². The molecule has 0 amide bonds. The highest BCUT2D eigenvalue weighted by Crippen LogP contribution is 2.13. The Balaban J connectivity index is 1.85. The first-order valence-electron chi connectivity index (χ1n) is 5.61. The van der Waals surface area contributed by atoms with Gasteiger partial charge in [-0.05, 0) is 40.2 Å². The summed E-state index contributed by atoms with van der Waals surface area (Å²) in [5.41, 5.74) is 1.92. The second-order valence-electron chi connectivity index (χ2n) is 3.91. The average molecular weight is 303 g/mol. The quantitative estimate of drug-likeness (QED) is 0.808. The topological polar surface area (TPSA) is 42.2 Å². The van der Waals surface area contributed by atoms with E-state index in [9.17, 15) is 0 Å². The van der Waals surface area contributed by atoms with Gasteiger partial charge >= 0.3 is 0 Å². The molecule has 1 N–H and O–H groups in total. The molecule has 90 valence electrons. The van der Waals surface area contributed by atoms with Crippen molar-refractivity contribution in [3.63, 3.8) is 0 Å². The number of aromatic nitrogens is 3. The summed E-state index contributed by atoms with van der Waals surface area (Å²) in [6, 6.07) is 13.9. The maximum Gasteiger partial charge on any atom is 0.160 e. The van der Waals surface area contributed by atoms with Crippen molar-refractivity contribution in [3.8, 4) is 0 Å². The minimum atomic E-state index is 0.641. The van der Waals surface area contributed by atoms with Crippen LogP contribution in [0.15, 0.2) is 53.1 Å². The lowest BCUT2D eigenvalue weighted by molar-refractivity contribution is 0.916. The zero-order valence-electron chi connectivity index (χ0n) is 9.55. The second kappa shape index (κ2) is 4.78. The van der Waals surface area contributed by atoms with Gasteiger partial charge in [0.25, 0.3) is 0 Å². The molecule has 2 aromatic heterocycles. The molecule has 5 heteroatoms. The predicted octanol–water partition coefficient (Wildman–Crippen LogP) is 3.10. The molecule has 0 spiro atoms. The number of anilines is 1. The summed E-state index contributed by atoms with van der Waals surface area (Å²) in [5.74, 6) is 0.884. The maximum absolute atomic E-state index is 4.18. The Labute approximate surface area is 113 Å². The van der Waals surface area contributed by atoms with Crippen LogP contribution in [-0.2, 0) is 6.54 Å². The van der Waals surface area contributed by atoms with Crippen molar-refractivity contribution in [2.24, 2.45) is 0 Å². The third-order valence-electron chi connectivity index (χ3n) is 2.66. The molecule has 0 bridgehead atoms. The maximum atomic E-state index is 4.18. The Bertz CT molecular complexity index is 663. The lowest BCUT2D eigenvalue weighted by Crippen LogP contribution is -2.03. The third-order valence-corrected chi connectivity index (χ3v) is 3.13. The summed E-state index contributed by atoms with van der Waals surface area (Å²) in [6.07, 6.45) is 1.97. The van der Waals surface area contributed by atoms with Crippen molar-refractivity contribution in [3.05, 3.63) is 59.0 Å². The number of rotatable bonds is 3. The third kappa shape index (κ3) is 2.22. The van der Waals surface area contributed by atoms with Crippen molar-refractivity contribution in [1.82, 2.24) is 14.6 Å². The number of nitrogens with one attached hydrogen (secondary N) is 1. The van der Waals surface area contributed by atoms with Gasteiger partial charge < -0.3 is 5.32 Å². The minimum Gasteiger partial charge on any atom is -0.378 e. The number of para-hydroxylation sites is 1. The predicted molar refractivity (Wildman–Crippen MR) is 74.5 cm³/mol. The van der Waals surface area contributed by atoms with E-state index in [4.69, 9.17) is 0 Å². The van der Waals surface area contributed by atoms with Crippen LogP contribution in [0.2, 0.25) is 0 Å². The molecule has 0 atom stereocenters. The van der Waals surface area contributed by atoms with Crippen LogP contribution in [0, 0.1) is 0 Å². The summed E-state index contributed by atoms with van der Waals surface area (Å²) in [7, 11) is 0. The summed E-state index contributed by atoms with van der Waals surface area (Å²) in [6.45, 7) is 0.641. The first-order valence-corrected chi connectivity index (χ1v) is 6.40. The smallest absolute Gasteiger partial charge is 0.160 e. The van der Waals surface area contributed by atoms with E-state index in [-0.39, 0.29) is 0 Å². The fourth-order valence-electron chi connectivity index (χ4n) is 1.77. The van der Waals surface area contributed by atoms with E-state index in [0.717, 1.165) is 21.6 Å². The van der Waals surface area contributed by atoms with E-state index in [1.807, 2.05) is 53.1 Å². The van der Waals surface area contributed by atoms with Gasteiger partial charge in [-0.1, -0.05) is 18.2 Å². The monoisotopic (exact) mass is 302 g/mol. The number of hydrogen-bond donors (Lipinski definition) is 1. The first kappa shape index (κ1) is 11.2. The number of benzene rings is 1. The molecule has 0 unspecified atom stereocenters. The van der Waals surface area contributed by atoms with Gasteiger partial charge in [-0.15, -0.1) is 10.2 Å². The van der Waals surface area contributed by atoms with Crippen molar-refractivity contribution in [2.45, 2.75) is 6.54 Å². The van der Waals surface area contributed by atoms with Crippen LogP contribution in [0.5, 0.6) is 0 Å². The zero-order valence-corrected chi connectivity index (χ0v) is 11.1. The lowest BCUT2D eigenvalue weighted by atomic mass is 10.3. The molecular weight excluding hydrogens is 292 g/mol. The Morgan fingerprint density at radius 1 is 1.06 bits per heavy atom. The van der Waals surface area contributed by atoms with E-state index >= 15 is 0 Å². The van der Waals surface area contributed by atoms with Crippen molar-refractivity contribution >= 4 is 27.3 Å². The lowest BCUT2D eigenvalue weighted by Gasteiger charge is -2.04. The molecule has 1 aromatic carbocycles. The zero-order chi connectivity index (χ0) is 12.4. The summed E-state index contributed by atoms with van der Waals surface area (Å²) < 4.78 is 2.98. The minimum absolute atomic E-state index is 0.641. The first-order chi connectivity index (χ1) is 8.83. The van der Waals surface area contributed by atoms with Crippen LogP contribution in [-0.4, -0.2) is 14.6 Å². The van der Waals surface area contributed by atoms with Crippen LogP contribution in [0.4, 0.5) is 5.69 Å². The number of halogens is 1. The Morgan fingerprint density at radius 3 is 2.72 bits per heavy atom. The van der Waals surface area contributed by atoms with E-state index in [0.29, 0.717) is 6.54 Å². The standard InChI is InChI=1S/C13H11BrN4/c14-10-6-7-12-16-17-13(18(12)9-10)8-15-11-4-2-1-3-5-11/h1-7,9,15H,8H2. The van der Waals surface area contributed by atoms with Crippen LogP contribution in [0.25, 0.3) is 5.65 Å². The molecule has 0 aliphatic carbocycles. The summed E-state index contributed by atoms with van der Waals surface area (Å²) in [4.78, 5) is 0. The summed E-state index contributed by atoms with van der Waals surface area (Å²) >= 11 is 3.45. The number of nitrogens with zero attached hydrogens (tertiary/aromatic N) is 3. The van der Waals surface area contributed by atoms with Gasteiger partial charge in [0.15, 0.2) is 11.5 Å². The molecule has 0 saturated carbocycles. The molecule has 18 heavy (non-hydrogen) atoms. The Morgan fingerprint density at radius 2 is 1.89 bits per heavy atom. The highest BCUT2D eigenvalue weighted by Gasteiger charge is 2.04. The van der Waals surface area contributed by atoms with Crippen LogP contribution >= 0.6 is 15.9 Å². The van der Waals surface area contributed by atoms with E-state index in [2.05, 4.69) is 31.4 Å². The molecule has 0 radical (unpaired) electrons. The molecule has 0 saturated heterocycles. The average Bonchev–Trinajstić information content (AvgIpc) is 2.80. The second-order valence-corrected chi connectivity index (χ2v) is 4.83. The van der Waals surface area contributed by atoms with E-state index in [1.165, 1.54) is 0 Å². The van der Waals surface area contributed by atoms with Gasteiger partial charge in [0.05, 0.1) is 6.54 Å². The summed E-state index contributed by atoms with van der Waals surface area (Å²) in [5, 5.41) is 11.6. The van der Waals surface area contributed by atoms with Gasteiger partial charge in [-0.25, -0.2) is 0 Å². The molecular formula is C13H11BrN4. The number of hydrogen-bond acceptors (Lipinski definition) is 3. The Kier molecular flexibility index (Phi) is 2.98. The molecule has 4 nitrogen and oxygen atoms in total. The van der Waals surface area contributed by atoms with E-state index in [1.54, 1.807) is 0 Å². The fraction of sp³-hybridized carbons (Fsp3) is 0.0769. The van der Waals surface area contributed by atoms with Gasteiger partial charge in [0.1, 0.15) is 0 Å². The van der Waals surface area contributed by atoms with Crippen molar-refractivity contribution in [1.29, 1.82) is 0 Å². The van der Waals surface area contributed by atoms with E-state index < -0.39 is 0 Å². The number of pyridine rings is 1. The number of fused-ring (bicyclic) bond motifs is 1. The molecule has 0 aliphatic heterocycles. The van der Waals surface area contributed by atoms with Crippen molar-refractivity contribution < 1.29 is 0 Å². The molecule has 3 aromatic rings. The highest BCUT2D eigenvalue weighted by atomic mass is 79.9. The molecule has 0 aliphatic rings. The molecule has 0 fully saturated rings. The normalized spacial score (nSPS) is 10.7. The van der Waals surface area contributed by atoms with Gasteiger partial charge in [-0.2, -0.15) is 0 Å². The van der Waals surface area contributed by atoms with Gasteiger partial charge in [0.2, 0.25) is 0 Å². The Hall–Kier alpha value is -1.88. The molecule has 3 rings (SSSR count). The highest BCUT2D eigenvalue weighted by molar-refractivity contribution is 9.10. The largest absolute Gasteiger partial charge is 0.378 e. The van der Waals surface area contributed by atoms with Crippen LogP contribution in [0.3, 0.4) is 0 Å². The SMILES string of the molecule is Brc1ccc2nnc(CNc3ccccc3)n2c1.